The summed E-state index contributed by atoms with van der Waals surface area (Å²) in [5.41, 5.74) is 0. The van der Waals surface area contributed by atoms with Gasteiger partial charge in [-0.25, -0.2) is 0 Å². The van der Waals surface area contributed by atoms with E-state index in [-0.39, 0.29) is 6.10 Å². The second-order valence-electron chi connectivity index (χ2n) is 4.60. The minimum atomic E-state index is -0.282. The van der Waals surface area contributed by atoms with Crippen LogP contribution < -0.4 is 4.90 Å². The van der Waals surface area contributed by atoms with Gasteiger partial charge in [-0.2, -0.15) is 0 Å². The molecule has 2 aromatic rings. The molecule has 2 heterocycles. The number of hydrogen-bond acceptors (Lipinski definition) is 4. The fourth-order valence-electron chi connectivity index (χ4n) is 2.44. The summed E-state index contributed by atoms with van der Waals surface area (Å²) < 4.78 is 0. The monoisotopic (exact) mass is 263 g/mol. The van der Waals surface area contributed by atoms with Gasteiger partial charge < -0.3 is 10.0 Å². The van der Waals surface area contributed by atoms with Crippen molar-refractivity contribution in [2.45, 2.75) is 18.9 Å². The van der Waals surface area contributed by atoms with Gasteiger partial charge in [-0.3, -0.25) is 0 Å². The summed E-state index contributed by atoms with van der Waals surface area (Å²) in [7, 11) is 0. The standard InChI is InChI=1S/C13H14ClN3O/c14-12-10-5-1-2-6-11(10)13(16-15-12)17-7-3-4-9(18)8-17/h1-2,5-6,9,18H,3-4,7-8H2. The van der Waals surface area contributed by atoms with Crippen LogP contribution in [0.5, 0.6) is 0 Å². The lowest BCUT2D eigenvalue weighted by Gasteiger charge is -2.31. The Labute approximate surface area is 110 Å². The molecule has 1 aliphatic heterocycles. The maximum atomic E-state index is 9.75. The summed E-state index contributed by atoms with van der Waals surface area (Å²) in [6.07, 6.45) is 1.55. The van der Waals surface area contributed by atoms with Gasteiger partial charge in [-0.05, 0) is 12.8 Å². The highest BCUT2D eigenvalue weighted by Gasteiger charge is 2.21. The third-order valence-corrected chi connectivity index (χ3v) is 3.60. The van der Waals surface area contributed by atoms with E-state index in [2.05, 4.69) is 15.1 Å². The molecule has 0 radical (unpaired) electrons. The Balaban J connectivity index is 2.09. The lowest BCUT2D eigenvalue weighted by atomic mass is 10.1. The second kappa shape index (κ2) is 4.71. The van der Waals surface area contributed by atoms with Crippen LogP contribution in [0.15, 0.2) is 24.3 Å². The fraction of sp³-hybridized carbons (Fsp3) is 0.385. The molecule has 4 nitrogen and oxygen atoms in total. The molecular formula is C13H14ClN3O. The molecule has 0 aliphatic carbocycles. The Morgan fingerprint density at radius 2 is 2.00 bits per heavy atom. The fourth-order valence-corrected chi connectivity index (χ4v) is 2.64. The molecule has 0 spiro atoms. The largest absolute Gasteiger partial charge is 0.391 e. The predicted molar refractivity (Wildman–Crippen MR) is 72.0 cm³/mol. The molecule has 94 valence electrons. The normalized spacial score (nSPS) is 20.3. The van der Waals surface area contributed by atoms with E-state index in [0.29, 0.717) is 11.7 Å². The first-order valence-electron chi connectivity index (χ1n) is 6.09. The van der Waals surface area contributed by atoms with E-state index in [1.807, 2.05) is 24.3 Å². The molecule has 1 aromatic carbocycles. The third kappa shape index (κ3) is 2.02. The van der Waals surface area contributed by atoms with Gasteiger partial charge in [0.25, 0.3) is 0 Å². The Bertz CT molecular complexity index is 575. The van der Waals surface area contributed by atoms with E-state index in [1.54, 1.807) is 0 Å². The molecule has 1 aromatic heterocycles. The summed E-state index contributed by atoms with van der Waals surface area (Å²) in [4.78, 5) is 2.08. The zero-order chi connectivity index (χ0) is 12.5. The predicted octanol–water partition coefficient (Wildman–Crippen LogP) is 2.24. The van der Waals surface area contributed by atoms with E-state index < -0.39 is 0 Å². The molecule has 0 bridgehead atoms. The van der Waals surface area contributed by atoms with Crippen molar-refractivity contribution in [1.29, 1.82) is 0 Å². The number of halogens is 1. The topological polar surface area (TPSA) is 49.2 Å². The SMILES string of the molecule is OC1CCCN(c2nnc(Cl)c3ccccc23)C1. The summed E-state index contributed by atoms with van der Waals surface area (Å²) in [6.45, 7) is 1.51. The number of piperidine rings is 1. The first kappa shape index (κ1) is 11.7. The quantitative estimate of drug-likeness (QED) is 0.857. The van der Waals surface area contributed by atoms with Crippen LogP contribution in [-0.4, -0.2) is 34.5 Å². The highest BCUT2D eigenvalue weighted by atomic mass is 35.5. The number of benzene rings is 1. The van der Waals surface area contributed by atoms with Crippen molar-refractivity contribution in [2.24, 2.45) is 0 Å². The van der Waals surface area contributed by atoms with Crippen molar-refractivity contribution in [3.8, 4) is 0 Å². The Hall–Kier alpha value is -1.39. The summed E-state index contributed by atoms with van der Waals surface area (Å²) in [5, 5.41) is 20.3. The van der Waals surface area contributed by atoms with Crippen molar-refractivity contribution in [3.63, 3.8) is 0 Å². The van der Waals surface area contributed by atoms with Crippen LogP contribution >= 0.6 is 11.6 Å². The Morgan fingerprint density at radius 3 is 2.78 bits per heavy atom. The van der Waals surface area contributed by atoms with Crippen LogP contribution in [-0.2, 0) is 0 Å². The average molecular weight is 264 g/mol. The van der Waals surface area contributed by atoms with E-state index >= 15 is 0 Å². The van der Waals surface area contributed by atoms with Crippen molar-refractivity contribution in [2.75, 3.05) is 18.0 Å². The minimum absolute atomic E-state index is 0.282. The number of anilines is 1. The lowest BCUT2D eigenvalue weighted by molar-refractivity contribution is 0.154. The maximum absolute atomic E-state index is 9.75. The molecule has 0 saturated carbocycles. The molecule has 0 amide bonds. The summed E-state index contributed by atoms with van der Waals surface area (Å²) >= 11 is 6.06. The van der Waals surface area contributed by atoms with Crippen molar-refractivity contribution in [3.05, 3.63) is 29.4 Å². The molecule has 1 saturated heterocycles. The molecule has 1 N–H and O–H groups in total. The number of rotatable bonds is 1. The van der Waals surface area contributed by atoms with Crippen molar-refractivity contribution >= 4 is 28.2 Å². The number of hydrogen-bond donors (Lipinski definition) is 1. The number of nitrogens with zero attached hydrogens (tertiary/aromatic N) is 3. The van der Waals surface area contributed by atoms with Crippen LogP contribution in [0.2, 0.25) is 5.15 Å². The molecule has 1 fully saturated rings. The summed E-state index contributed by atoms with van der Waals surface area (Å²) in [6, 6.07) is 7.83. The number of aromatic nitrogens is 2. The molecule has 3 rings (SSSR count). The first-order valence-corrected chi connectivity index (χ1v) is 6.47. The van der Waals surface area contributed by atoms with Crippen molar-refractivity contribution in [1.82, 2.24) is 10.2 Å². The number of fused-ring (bicyclic) bond motifs is 1. The Kier molecular flexibility index (Phi) is 3.06. The smallest absolute Gasteiger partial charge is 0.159 e. The van der Waals surface area contributed by atoms with Crippen LogP contribution in [0.4, 0.5) is 5.82 Å². The maximum Gasteiger partial charge on any atom is 0.159 e. The zero-order valence-corrected chi connectivity index (χ0v) is 10.6. The van der Waals surface area contributed by atoms with E-state index in [9.17, 15) is 5.11 Å². The van der Waals surface area contributed by atoms with Gasteiger partial charge in [0.15, 0.2) is 11.0 Å². The molecule has 5 heteroatoms. The average Bonchev–Trinajstić information content (AvgIpc) is 2.39. The van der Waals surface area contributed by atoms with Gasteiger partial charge in [-0.1, -0.05) is 35.9 Å². The zero-order valence-electron chi connectivity index (χ0n) is 9.88. The minimum Gasteiger partial charge on any atom is -0.391 e. The third-order valence-electron chi connectivity index (χ3n) is 3.32. The number of aliphatic hydroxyl groups is 1. The van der Waals surface area contributed by atoms with Gasteiger partial charge in [-0.15, -0.1) is 10.2 Å². The Morgan fingerprint density at radius 1 is 1.22 bits per heavy atom. The number of aliphatic hydroxyl groups excluding tert-OH is 1. The summed E-state index contributed by atoms with van der Waals surface area (Å²) in [5.74, 6) is 0.814. The van der Waals surface area contributed by atoms with Gasteiger partial charge in [0.1, 0.15) is 0 Å². The van der Waals surface area contributed by atoms with Gasteiger partial charge in [0.05, 0.1) is 6.10 Å². The van der Waals surface area contributed by atoms with Crippen LogP contribution in [0.3, 0.4) is 0 Å². The van der Waals surface area contributed by atoms with Gasteiger partial charge >= 0.3 is 0 Å². The number of β-amino-alcohol motifs (C(OH)–C–C–N with tert-alkyl or cyclic N) is 1. The molecule has 1 atom stereocenters. The van der Waals surface area contributed by atoms with Gasteiger partial charge in [0.2, 0.25) is 0 Å². The molecule has 1 unspecified atom stereocenters. The van der Waals surface area contributed by atoms with Crippen LogP contribution in [0, 0.1) is 0 Å². The van der Waals surface area contributed by atoms with E-state index in [0.717, 1.165) is 36.0 Å². The van der Waals surface area contributed by atoms with Crippen LogP contribution in [0.1, 0.15) is 12.8 Å². The molecule has 1 aliphatic rings. The van der Waals surface area contributed by atoms with Gasteiger partial charge in [0, 0.05) is 23.9 Å². The lowest BCUT2D eigenvalue weighted by Crippen LogP contribution is -2.38. The second-order valence-corrected chi connectivity index (χ2v) is 4.96. The molecular weight excluding hydrogens is 250 g/mol. The highest BCUT2D eigenvalue weighted by molar-refractivity contribution is 6.34. The van der Waals surface area contributed by atoms with E-state index in [1.165, 1.54) is 0 Å². The highest BCUT2D eigenvalue weighted by Crippen LogP contribution is 2.29. The van der Waals surface area contributed by atoms with E-state index in [4.69, 9.17) is 11.6 Å². The first-order chi connectivity index (χ1) is 8.75. The van der Waals surface area contributed by atoms with Crippen LogP contribution in [0.25, 0.3) is 10.8 Å². The molecule has 18 heavy (non-hydrogen) atoms. The van der Waals surface area contributed by atoms with Crippen molar-refractivity contribution < 1.29 is 5.11 Å².